The Labute approximate surface area is 149 Å². The van der Waals surface area contributed by atoms with E-state index in [9.17, 15) is 0 Å². The molecule has 0 spiro atoms. The lowest BCUT2D eigenvalue weighted by Gasteiger charge is -2.21. The van der Waals surface area contributed by atoms with Crippen molar-refractivity contribution >= 4 is 29.9 Å². The largest absolute Gasteiger partial charge is 0.379 e. The zero-order chi connectivity index (χ0) is 15.1. The number of guanidine groups is 1. The van der Waals surface area contributed by atoms with E-state index in [-0.39, 0.29) is 24.0 Å². The number of nitrogens with zero attached hydrogens (tertiary/aromatic N) is 5. The van der Waals surface area contributed by atoms with Crippen LogP contribution in [0.3, 0.4) is 0 Å². The SMILES string of the molecule is CCNC(=NCCOCC1CC1)N(C)Cc1ncnn1C.I. The topological polar surface area (TPSA) is 67.6 Å². The number of rotatable bonds is 8. The van der Waals surface area contributed by atoms with Gasteiger partial charge < -0.3 is 15.0 Å². The van der Waals surface area contributed by atoms with Crippen LogP contribution in [0.5, 0.6) is 0 Å². The third kappa shape index (κ3) is 6.47. The van der Waals surface area contributed by atoms with Gasteiger partial charge in [-0.15, -0.1) is 24.0 Å². The minimum absolute atomic E-state index is 0. The fourth-order valence-corrected chi connectivity index (χ4v) is 1.97. The van der Waals surface area contributed by atoms with Crippen molar-refractivity contribution in [1.29, 1.82) is 0 Å². The summed E-state index contributed by atoms with van der Waals surface area (Å²) in [5.41, 5.74) is 0. The fourth-order valence-electron chi connectivity index (χ4n) is 1.97. The average molecular weight is 422 g/mol. The van der Waals surface area contributed by atoms with Crippen LogP contribution in [0.15, 0.2) is 11.3 Å². The van der Waals surface area contributed by atoms with Crippen molar-refractivity contribution in [2.24, 2.45) is 18.0 Å². The monoisotopic (exact) mass is 422 g/mol. The van der Waals surface area contributed by atoms with Gasteiger partial charge in [0.15, 0.2) is 5.96 Å². The molecule has 126 valence electrons. The molecule has 0 aromatic carbocycles. The maximum absolute atomic E-state index is 5.61. The quantitative estimate of drug-likeness (QED) is 0.296. The maximum atomic E-state index is 5.61. The summed E-state index contributed by atoms with van der Waals surface area (Å²) in [7, 11) is 3.90. The zero-order valence-electron chi connectivity index (χ0n) is 13.7. The summed E-state index contributed by atoms with van der Waals surface area (Å²) in [5.74, 6) is 2.59. The van der Waals surface area contributed by atoms with Crippen molar-refractivity contribution in [2.75, 3.05) is 33.4 Å². The van der Waals surface area contributed by atoms with Crippen LogP contribution >= 0.6 is 24.0 Å². The summed E-state index contributed by atoms with van der Waals surface area (Å²) in [6, 6.07) is 0. The molecule has 0 amide bonds. The zero-order valence-corrected chi connectivity index (χ0v) is 16.0. The van der Waals surface area contributed by atoms with Gasteiger partial charge in [-0.3, -0.25) is 9.67 Å². The van der Waals surface area contributed by atoms with E-state index >= 15 is 0 Å². The van der Waals surface area contributed by atoms with Gasteiger partial charge in [-0.25, -0.2) is 4.98 Å². The van der Waals surface area contributed by atoms with E-state index in [0.717, 1.165) is 30.9 Å². The smallest absolute Gasteiger partial charge is 0.194 e. The molecule has 0 bridgehead atoms. The fraction of sp³-hybridized carbons (Fsp3) is 0.786. The molecule has 1 fully saturated rings. The molecule has 1 N–H and O–H groups in total. The second-order valence-corrected chi connectivity index (χ2v) is 5.41. The van der Waals surface area contributed by atoms with Gasteiger partial charge in [0, 0.05) is 27.2 Å². The predicted molar refractivity (Wildman–Crippen MR) is 97.4 cm³/mol. The Balaban J connectivity index is 0.00000242. The van der Waals surface area contributed by atoms with Gasteiger partial charge in [-0.05, 0) is 25.7 Å². The first-order valence-electron chi connectivity index (χ1n) is 7.60. The molecule has 1 heterocycles. The van der Waals surface area contributed by atoms with E-state index in [1.54, 1.807) is 11.0 Å². The molecule has 1 aromatic rings. The minimum atomic E-state index is 0. The first-order valence-corrected chi connectivity index (χ1v) is 7.60. The third-order valence-corrected chi connectivity index (χ3v) is 3.43. The van der Waals surface area contributed by atoms with Crippen molar-refractivity contribution in [3.63, 3.8) is 0 Å². The first kappa shape index (κ1) is 19.1. The number of ether oxygens (including phenoxy) is 1. The van der Waals surface area contributed by atoms with Gasteiger partial charge in [0.25, 0.3) is 0 Å². The standard InChI is InChI=1S/C14H26N6O.HI/c1-4-15-14(16-7-8-21-10-12-5-6-12)19(2)9-13-17-11-18-20(13)3;/h11-12H,4-10H2,1-3H3,(H,15,16);1H. The van der Waals surface area contributed by atoms with E-state index in [0.29, 0.717) is 19.7 Å². The molecule has 8 heteroatoms. The van der Waals surface area contributed by atoms with Gasteiger partial charge in [0.05, 0.1) is 19.7 Å². The van der Waals surface area contributed by atoms with Crippen molar-refractivity contribution in [2.45, 2.75) is 26.3 Å². The molecule has 0 saturated heterocycles. The molecule has 0 radical (unpaired) electrons. The van der Waals surface area contributed by atoms with Crippen LogP contribution < -0.4 is 5.32 Å². The van der Waals surface area contributed by atoms with Crippen LogP contribution in [-0.4, -0.2) is 59.0 Å². The van der Waals surface area contributed by atoms with Gasteiger partial charge in [0.2, 0.25) is 0 Å². The number of aryl methyl sites for hydroxylation is 1. The molecule has 22 heavy (non-hydrogen) atoms. The number of aromatic nitrogens is 3. The Kier molecular flexibility index (Phi) is 8.69. The molecule has 0 atom stereocenters. The van der Waals surface area contributed by atoms with Crippen LogP contribution in [0.1, 0.15) is 25.6 Å². The highest BCUT2D eigenvalue weighted by atomic mass is 127. The Morgan fingerprint density at radius 2 is 2.32 bits per heavy atom. The average Bonchev–Trinajstić information content (AvgIpc) is 3.21. The second-order valence-electron chi connectivity index (χ2n) is 5.41. The number of hydrogen-bond acceptors (Lipinski definition) is 4. The molecule has 7 nitrogen and oxygen atoms in total. The Hall–Kier alpha value is -0.900. The van der Waals surface area contributed by atoms with E-state index in [1.165, 1.54) is 12.8 Å². The lowest BCUT2D eigenvalue weighted by molar-refractivity contribution is 0.131. The number of nitrogens with one attached hydrogen (secondary N) is 1. The molecule has 2 rings (SSSR count). The second kappa shape index (κ2) is 9.98. The van der Waals surface area contributed by atoms with Crippen molar-refractivity contribution in [1.82, 2.24) is 25.0 Å². The molecule has 0 aliphatic heterocycles. The van der Waals surface area contributed by atoms with Crippen LogP contribution in [0.2, 0.25) is 0 Å². The molecule has 1 aliphatic carbocycles. The highest BCUT2D eigenvalue weighted by Crippen LogP contribution is 2.28. The molecular weight excluding hydrogens is 395 g/mol. The summed E-state index contributed by atoms with van der Waals surface area (Å²) in [6.45, 7) is 5.83. The number of halogens is 1. The van der Waals surface area contributed by atoms with Gasteiger partial charge in [-0.2, -0.15) is 5.10 Å². The highest BCUT2D eigenvalue weighted by Gasteiger charge is 2.20. The molecular formula is C14H27IN6O. The van der Waals surface area contributed by atoms with Crippen molar-refractivity contribution in [3.05, 3.63) is 12.2 Å². The summed E-state index contributed by atoms with van der Waals surface area (Å²) in [6.07, 6.45) is 4.22. The maximum Gasteiger partial charge on any atom is 0.194 e. The van der Waals surface area contributed by atoms with E-state index in [4.69, 9.17) is 4.74 Å². The van der Waals surface area contributed by atoms with Gasteiger partial charge in [0.1, 0.15) is 12.2 Å². The van der Waals surface area contributed by atoms with Crippen LogP contribution in [-0.2, 0) is 18.3 Å². The predicted octanol–water partition coefficient (Wildman–Crippen LogP) is 1.26. The third-order valence-electron chi connectivity index (χ3n) is 3.43. The lowest BCUT2D eigenvalue weighted by Crippen LogP contribution is -2.39. The summed E-state index contributed by atoms with van der Waals surface area (Å²) < 4.78 is 7.39. The molecule has 1 saturated carbocycles. The number of aliphatic imine (C=N–C) groups is 1. The van der Waals surface area contributed by atoms with Crippen molar-refractivity contribution in [3.8, 4) is 0 Å². The van der Waals surface area contributed by atoms with Crippen LogP contribution in [0.25, 0.3) is 0 Å². The Bertz CT molecular complexity index is 460. The van der Waals surface area contributed by atoms with E-state index in [2.05, 4.69) is 32.2 Å². The Morgan fingerprint density at radius 1 is 1.55 bits per heavy atom. The molecule has 1 aliphatic rings. The van der Waals surface area contributed by atoms with Crippen molar-refractivity contribution < 1.29 is 4.74 Å². The van der Waals surface area contributed by atoms with Crippen LogP contribution in [0.4, 0.5) is 0 Å². The van der Waals surface area contributed by atoms with E-state index < -0.39 is 0 Å². The summed E-state index contributed by atoms with van der Waals surface area (Å²) in [4.78, 5) is 10.9. The Morgan fingerprint density at radius 3 is 2.91 bits per heavy atom. The van der Waals surface area contributed by atoms with Gasteiger partial charge >= 0.3 is 0 Å². The molecule has 1 aromatic heterocycles. The number of hydrogen-bond donors (Lipinski definition) is 1. The first-order chi connectivity index (χ1) is 10.2. The molecule has 0 unspecified atom stereocenters. The van der Waals surface area contributed by atoms with Gasteiger partial charge in [-0.1, -0.05) is 0 Å². The summed E-state index contributed by atoms with van der Waals surface area (Å²) >= 11 is 0. The van der Waals surface area contributed by atoms with E-state index in [1.807, 2.05) is 14.1 Å². The highest BCUT2D eigenvalue weighted by molar-refractivity contribution is 14.0. The normalized spacial score (nSPS) is 14.6. The van der Waals surface area contributed by atoms with Crippen LogP contribution in [0, 0.1) is 5.92 Å². The summed E-state index contributed by atoms with van der Waals surface area (Å²) in [5, 5.41) is 7.37. The minimum Gasteiger partial charge on any atom is -0.379 e. The lowest BCUT2D eigenvalue weighted by atomic mass is 10.5.